The van der Waals surface area contributed by atoms with Gasteiger partial charge in [-0.2, -0.15) is 0 Å². The van der Waals surface area contributed by atoms with Crippen molar-refractivity contribution in [1.82, 2.24) is 15.0 Å². The van der Waals surface area contributed by atoms with Crippen LogP contribution in [0.2, 0.25) is 0 Å². The van der Waals surface area contributed by atoms with Crippen molar-refractivity contribution < 1.29 is 14.3 Å². The Bertz CT molecular complexity index is 826. The van der Waals surface area contributed by atoms with Crippen LogP contribution in [0.4, 0.5) is 4.39 Å². The molecule has 0 radical (unpaired) electrons. The van der Waals surface area contributed by atoms with Gasteiger partial charge in [-0.15, -0.1) is 0 Å². The molecule has 6 heteroatoms. The molecule has 0 aliphatic rings. The van der Waals surface area contributed by atoms with Gasteiger partial charge in [0.05, 0.1) is 11.1 Å². The maximum atomic E-state index is 13.4. The third kappa shape index (κ3) is 1.91. The van der Waals surface area contributed by atoms with Gasteiger partial charge in [0.1, 0.15) is 17.0 Å². The van der Waals surface area contributed by atoms with Crippen molar-refractivity contribution in [1.29, 1.82) is 0 Å². The summed E-state index contributed by atoms with van der Waals surface area (Å²) in [7, 11) is 0. The first kappa shape index (κ1) is 12.3. The van der Waals surface area contributed by atoms with E-state index in [9.17, 15) is 9.18 Å². The van der Waals surface area contributed by atoms with Crippen molar-refractivity contribution in [3.63, 3.8) is 0 Å². The second-order valence-corrected chi connectivity index (χ2v) is 4.41. The van der Waals surface area contributed by atoms with Crippen molar-refractivity contribution in [2.75, 3.05) is 0 Å². The fourth-order valence-corrected chi connectivity index (χ4v) is 2.09. The number of nitrogens with zero attached hydrogens (tertiary/aromatic N) is 2. The van der Waals surface area contributed by atoms with E-state index in [0.717, 1.165) is 11.6 Å². The molecule has 2 heterocycles. The van der Waals surface area contributed by atoms with E-state index in [1.54, 1.807) is 12.3 Å². The molecule has 0 bridgehead atoms. The molecule has 0 spiro atoms. The minimum Gasteiger partial charge on any atom is -0.478 e. The molecule has 0 saturated heterocycles. The highest BCUT2D eigenvalue weighted by Gasteiger charge is 2.16. The van der Waals surface area contributed by atoms with Crippen molar-refractivity contribution in [3.8, 4) is 11.5 Å². The Morgan fingerprint density at radius 3 is 2.90 bits per heavy atom. The molecule has 0 atom stereocenters. The summed E-state index contributed by atoms with van der Waals surface area (Å²) in [6, 6.07) is 5.84. The summed E-state index contributed by atoms with van der Waals surface area (Å²) in [6.45, 7) is 1.87. The summed E-state index contributed by atoms with van der Waals surface area (Å²) in [6.07, 6.45) is 1.62. The Hall–Kier alpha value is -2.76. The lowest BCUT2D eigenvalue weighted by molar-refractivity contribution is 0.0698. The van der Waals surface area contributed by atoms with Gasteiger partial charge in [-0.25, -0.2) is 14.2 Å². The van der Waals surface area contributed by atoms with Crippen LogP contribution in [-0.4, -0.2) is 26.0 Å². The molecule has 3 rings (SSSR count). The minimum absolute atomic E-state index is 0.170. The largest absolute Gasteiger partial charge is 0.478 e. The lowest BCUT2D eigenvalue weighted by atomic mass is 10.2. The van der Waals surface area contributed by atoms with E-state index in [1.807, 2.05) is 13.0 Å². The maximum Gasteiger partial charge on any atom is 0.338 e. The Balaban J connectivity index is 2.28. The van der Waals surface area contributed by atoms with Crippen LogP contribution in [-0.2, 0) is 0 Å². The summed E-state index contributed by atoms with van der Waals surface area (Å²) in [5, 5.41) is 9.11. The molecule has 2 aromatic heterocycles. The van der Waals surface area contributed by atoms with E-state index in [0.29, 0.717) is 17.0 Å². The van der Waals surface area contributed by atoms with E-state index in [4.69, 9.17) is 5.11 Å². The smallest absolute Gasteiger partial charge is 0.338 e. The number of hydrogen-bond acceptors (Lipinski definition) is 3. The number of H-pyrrole nitrogens is 1. The van der Waals surface area contributed by atoms with E-state index in [1.165, 1.54) is 6.07 Å². The predicted molar refractivity (Wildman–Crippen MR) is 71.0 cm³/mol. The zero-order valence-electron chi connectivity index (χ0n) is 10.5. The number of pyridine rings is 1. The number of halogens is 1. The van der Waals surface area contributed by atoms with Crippen LogP contribution in [0.1, 0.15) is 15.9 Å². The first-order chi connectivity index (χ1) is 9.56. The number of imidazole rings is 1. The van der Waals surface area contributed by atoms with Gasteiger partial charge in [-0.1, -0.05) is 6.07 Å². The van der Waals surface area contributed by atoms with Crippen LogP contribution in [0.5, 0.6) is 0 Å². The van der Waals surface area contributed by atoms with E-state index in [-0.39, 0.29) is 11.1 Å². The zero-order chi connectivity index (χ0) is 14.3. The number of hydrogen-bond donors (Lipinski definition) is 2. The number of aromatic carboxylic acids is 1. The number of carboxylic acid groups (broad SMARTS) is 1. The molecular weight excluding hydrogens is 261 g/mol. The summed E-state index contributed by atoms with van der Waals surface area (Å²) in [4.78, 5) is 22.5. The van der Waals surface area contributed by atoms with Crippen LogP contribution in [0, 0.1) is 12.7 Å². The molecule has 0 amide bonds. The van der Waals surface area contributed by atoms with Gasteiger partial charge < -0.3 is 10.1 Å². The SMILES string of the molecule is Cc1cccnc1-c1nc2c(C(=O)O)cc(F)cc2[nH]1. The molecule has 100 valence electrons. The quantitative estimate of drug-likeness (QED) is 0.751. The number of fused-ring (bicyclic) bond motifs is 1. The van der Waals surface area contributed by atoms with Gasteiger partial charge in [0.15, 0.2) is 5.82 Å². The van der Waals surface area contributed by atoms with Gasteiger partial charge in [-0.05, 0) is 30.7 Å². The predicted octanol–water partition coefficient (Wildman–Crippen LogP) is 2.77. The highest BCUT2D eigenvalue weighted by atomic mass is 19.1. The molecule has 0 saturated carbocycles. The molecule has 3 aromatic rings. The second-order valence-electron chi connectivity index (χ2n) is 4.41. The first-order valence-electron chi connectivity index (χ1n) is 5.91. The molecule has 0 fully saturated rings. The highest BCUT2D eigenvalue weighted by Crippen LogP contribution is 2.24. The number of carboxylic acids is 1. The number of carbonyl (C=O) groups is 1. The molecule has 2 N–H and O–H groups in total. The first-order valence-corrected chi connectivity index (χ1v) is 5.91. The van der Waals surface area contributed by atoms with Crippen LogP contribution in [0.15, 0.2) is 30.5 Å². The van der Waals surface area contributed by atoms with Gasteiger partial charge in [0.2, 0.25) is 0 Å². The monoisotopic (exact) mass is 271 g/mol. The average molecular weight is 271 g/mol. The standard InChI is InChI=1S/C14H10FN3O2/c1-7-3-2-4-16-11(7)13-17-10-6-8(15)5-9(14(19)20)12(10)18-13/h2-6H,1H3,(H,17,18)(H,19,20). The molecule has 0 aliphatic heterocycles. The fourth-order valence-electron chi connectivity index (χ4n) is 2.09. The van der Waals surface area contributed by atoms with E-state index >= 15 is 0 Å². The Labute approximate surface area is 113 Å². The van der Waals surface area contributed by atoms with Crippen LogP contribution >= 0.6 is 0 Å². The average Bonchev–Trinajstić information content (AvgIpc) is 2.81. The molecule has 1 aromatic carbocycles. The van der Waals surface area contributed by atoms with E-state index in [2.05, 4.69) is 15.0 Å². The number of aromatic amines is 1. The zero-order valence-corrected chi connectivity index (χ0v) is 10.5. The summed E-state index contributed by atoms with van der Waals surface area (Å²) in [5.41, 5.74) is 1.89. The van der Waals surface area contributed by atoms with Gasteiger partial charge >= 0.3 is 5.97 Å². The lowest BCUT2D eigenvalue weighted by Gasteiger charge is -1.98. The highest BCUT2D eigenvalue weighted by molar-refractivity contribution is 6.01. The van der Waals surface area contributed by atoms with Crippen LogP contribution < -0.4 is 0 Å². The van der Waals surface area contributed by atoms with Gasteiger partial charge in [0.25, 0.3) is 0 Å². The summed E-state index contributed by atoms with van der Waals surface area (Å²) < 4.78 is 13.4. The third-order valence-electron chi connectivity index (χ3n) is 3.02. The molecule has 0 aliphatic carbocycles. The van der Waals surface area contributed by atoms with Crippen molar-refractivity contribution in [2.24, 2.45) is 0 Å². The molecular formula is C14H10FN3O2. The van der Waals surface area contributed by atoms with Crippen LogP contribution in [0.3, 0.4) is 0 Å². The lowest BCUT2D eigenvalue weighted by Crippen LogP contribution is -1.98. The van der Waals surface area contributed by atoms with Gasteiger partial charge in [-0.3, -0.25) is 4.98 Å². The van der Waals surface area contributed by atoms with Crippen molar-refractivity contribution >= 4 is 17.0 Å². The number of nitrogens with one attached hydrogen (secondary N) is 1. The van der Waals surface area contributed by atoms with Gasteiger partial charge in [0, 0.05) is 6.20 Å². The Kier molecular flexibility index (Phi) is 2.71. The van der Waals surface area contributed by atoms with Crippen LogP contribution in [0.25, 0.3) is 22.6 Å². The van der Waals surface area contributed by atoms with Crippen molar-refractivity contribution in [3.05, 3.63) is 47.4 Å². The fraction of sp³-hybridized carbons (Fsp3) is 0.0714. The molecule has 0 unspecified atom stereocenters. The Morgan fingerprint density at radius 1 is 1.40 bits per heavy atom. The summed E-state index contributed by atoms with van der Waals surface area (Å²) >= 11 is 0. The normalized spacial score (nSPS) is 10.9. The molecule has 5 nitrogen and oxygen atoms in total. The minimum atomic E-state index is -1.22. The third-order valence-corrected chi connectivity index (χ3v) is 3.02. The summed E-state index contributed by atoms with van der Waals surface area (Å²) in [5.74, 6) is -1.42. The second kappa shape index (κ2) is 4.41. The number of rotatable bonds is 2. The topological polar surface area (TPSA) is 78.9 Å². The molecule has 20 heavy (non-hydrogen) atoms. The number of aryl methyl sites for hydroxylation is 1. The number of benzene rings is 1. The number of aromatic nitrogens is 3. The Morgan fingerprint density at radius 2 is 2.20 bits per heavy atom. The maximum absolute atomic E-state index is 13.4. The van der Waals surface area contributed by atoms with E-state index < -0.39 is 11.8 Å². The van der Waals surface area contributed by atoms with Crippen molar-refractivity contribution in [2.45, 2.75) is 6.92 Å².